The van der Waals surface area contributed by atoms with Crippen LogP contribution in [0.4, 0.5) is 8.78 Å². The molecule has 0 bridgehead atoms. The number of benzene rings is 1. The Bertz CT molecular complexity index is 546. The fourth-order valence-electron chi connectivity index (χ4n) is 2.35. The van der Waals surface area contributed by atoms with Crippen LogP contribution in [0.3, 0.4) is 0 Å². The zero-order valence-corrected chi connectivity index (χ0v) is 11.7. The number of aromatic nitrogens is 2. The molecule has 2 aromatic rings. The molecule has 1 aromatic carbocycles. The molecule has 1 aromatic heterocycles. The molecule has 1 N–H and O–H groups in total. The average Bonchev–Trinajstić information content (AvgIpc) is 2.81. The van der Waals surface area contributed by atoms with Crippen LogP contribution < -0.4 is 5.32 Å². The molecule has 5 heteroatoms. The normalized spacial score (nSPS) is 12.6. The van der Waals surface area contributed by atoms with Crippen LogP contribution in [0, 0.1) is 11.6 Å². The maximum Gasteiger partial charge on any atom is 0.130 e. The number of hydrogen-bond acceptors (Lipinski definition) is 2. The molecular formula is C15H19F2N3. The Balaban J connectivity index is 2.14. The summed E-state index contributed by atoms with van der Waals surface area (Å²) < 4.78 is 29.4. The second-order valence-corrected chi connectivity index (χ2v) is 4.81. The zero-order valence-electron chi connectivity index (χ0n) is 11.7. The number of halogens is 2. The highest BCUT2D eigenvalue weighted by molar-refractivity contribution is 5.23. The minimum Gasteiger partial charge on any atom is -0.310 e. The Morgan fingerprint density at radius 3 is 2.55 bits per heavy atom. The van der Waals surface area contributed by atoms with Gasteiger partial charge in [0.1, 0.15) is 11.6 Å². The van der Waals surface area contributed by atoms with Crippen LogP contribution in [0.15, 0.2) is 30.6 Å². The van der Waals surface area contributed by atoms with Crippen LogP contribution in [-0.2, 0) is 13.5 Å². The van der Waals surface area contributed by atoms with Gasteiger partial charge in [0.2, 0.25) is 0 Å². The number of rotatable bonds is 6. The van der Waals surface area contributed by atoms with Crippen molar-refractivity contribution in [3.8, 4) is 0 Å². The molecule has 1 unspecified atom stereocenters. The average molecular weight is 279 g/mol. The second kappa shape index (κ2) is 6.61. The Kier molecular flexibility index (Phi) is 4.84. The van der Waals surface area contributed by atoms with Gasteiger partial charge < -0.3 is 5.32 Å². The first-order chi connectivity index (χ1) is 9.61. The van der Waals surface area contributed by atoms with Gasteiger partial charge in [0.25, 0.3) is 0 Å². The highest BCUT2D eigenvalue weighted by Gasteiger charge is 2.19. The van der Waals surface area contributed by atoms with Gasteiger partial charge in [-0.15, -0.1) is 0 Å². The van der Waals surface area contributed by atoms with Crippen LogP contribution in [0.25, 0.3) is 0 Å². The van der Waals surface area contributed by atoms with E-state index in [2.05, 4.69) is 10.4 Å². The molecule has 0 spiro atoms. The lowest BCUT2D eigenvalue weighted by Gasteiger charge is -2.19. The van der Waals surface area contributed by atoms with Crippen molar-refractivity contribution in [2.75, 3.05) is 6.54 Å². The summed E-state index contributed by atoms with van der Waals surface area (Å²) in [7, 11) is 1.85. The Hall–Kier alpha value is -1.75. The summed E-state index contributed by atoms with van der Waals surface area (Å²) in [6.07, 6.45) is 5.04. The molecule has 0 amide bonds. The van der Waals surface area contributed by atoms with Gasteiger partial charge in [-0.2, -0.15) is 5.10 Å². The van der Waals surface area contributed by atoms with Gasteiger partial charge in [-0.25, -0.2) is 8.78 Å². The molecule has 0 saturated heterocycles. The van der Waals surface area contributed by atoms with Crippen molar-refractivity contribution in [1.29, 1.82) is 0 Å². The molecule has 2 rings (SSSR count). The van der Waals surface area contributed by atoms with E-state index in [-0.39, 0.29) is 11.6 Å². The highest BCUT2D eigenvalue weighted by atomic mass is 19.1. The Morgan fingerprint density at radius 2 is 2.00 bits per heavy atom. The predicted molar refractivity (Wildman–Crippen MR) is 74.3 cm³/mol. The summed E-state index contributed by atoms with van der Waals surface area (Å²) in [5, 5.41) is 7.25. The van der Waals surface area contributed by atoms with Gasteiger partial charge in [0.15, 0.2) is 0 Å². The van der Waals surface area contributed by atoms with Crippen LogP contribution in [-0.4, -0.2) is 16.3 Å². The smallest absolute Gasteiger partial charge is 0.130 e. The summed E-state index contributed by atoms with van der Waals surface area (Å²) in [5.41, 5.74) is 1.19. The van der Waals surface area contributed by atoms with E-state index in [1.54, 1.807) is 10.9 Å². The van der Waals surface area contributed by atoms with E-state index in [0.717, 1.165) is 12.0 Å². The van der Waals surface area contributed by atoms with E-state index >= 15 is 0 Å². The molecule has 0 aliphatic rings. The number of nitrogens with one attached hydrogen (secondary N) is 1. The van der Waals surface area contributed by atoms with Crippen LogP contribution >= 0.6 is 0 Å². The predicted octanol–water partition coefficient (Wildman–Crippen LogP) is 2.98. The summed E-state index contributed by atoms with van der Waals surface area (Å²) in [4.78, 5) is 0. The van der Waals surface area contributed by atoms with Crippen LogP contribution in [0.5, 0.6) is 0 Å². The lowest BCUT2D eigenvalue weighted by Crippen LogP contribution is -2.23. The zero-order chi connectivity index (χ0) is 14.5. The fourth-order valence-corrected chi connectivity index (χ4v) is 2.35. The maximum atomic E-state index is 13.9. The Morgan fingerprint density at radius 1 is 1.30 bits per heavy atom. The molecule has 108 valence electrons. The van der Waals surface area contributed by atoms with Gasteiger partial charge >= 0.3 is 0 Å². The van der Waals surface area contributed by atoms with Gasteiger partial charge in [-0.3, -0.25) is 4.68 Å². The fraction of sp³-hybridized carbons (Fsp3) is 0.400. The summed E-state index contributed by atoms with van der Waals surface area (Å²) in [5.74, 6) is -0.996. The van der Waals surface area contributed by atoms with E-state index in [1.165, 1.54) is 18.2 Å². The van der Waals surface area contributed by atoms with Crippen molar-refractivity contribution in [3.63, 3.8) is 0 Å². The standard InChI is InChI=1S/C15H19F2N3/c1-3-18-14(8-7-11-9-19-20(2)10-11)15-12(16)5-4-6-13(15)17/h4-6,9-10,14,18H,3,7-8H2,1-2H3. The van der Waals surface area contributed by atoms with Crippen molar-refractivity contribution in [1.82, 2.24) is 15.1 Å². The van der Waals surface area contributed by atoms with E-state index in [4.69, 9.17) is 0 Å². The van der Waals surface area contributed by atoms with Crippen molar-refractivity contribution in [2.24, 2.45) is 7.05 Å². The number of aryl methyl sites for hydroxylation is 2. The van der Waals surface area contributed by atoms with Crippen LogP contribution in [0.2, 0.25) is 0 Å². The number of hydrogen-bond donors (Lipinski definition) is 1. The summed E-state index contributed by atoms with van der Waals surface area (Å²) in [6.45, 7) is 2.58. The lowest BCUT2D eigenvalue weighted by atomic mass is 9.99. The summed E-state index contributed by atoms with van der Waals surface area (Å²) in [6, 6.07) is 3.65. The summed E-state index contributed by atoms with van der Waals surface area (Å²) >= 11 is 0. The molecule has 0 fully saturated rings. The first-order valence-electron chi connectivity index (χ1n) is 6.76. The Labute approximate surface area is 117 Å². The molecule has 0 aliphatic heterocycles. The monoisotopic (exact) mass is 279 g/mol. The third-order valence-electron chi connectivity index (χ3n) is 3.28. The van der Waals surface area contributed by atoms with E-state index in [9.17, 15) is 8.78 Å². The quantitative estimate of drug-likeness (QED) is 0.881. The lowest BCUT2D eigenvalue weighted by molar-refractivity contribution is 0.454. The molecule has 0 aliphatic carbocycles. The first-order valence-corrected chi connectivity index (χ1v) is 6.76. The first kappa shape index (κ1) is 14.7. The second-order valence-electron chi connectivity index (χ2n) is 4.81. The van der Waals surface area contributed by atoms with Crippen molar-refractivity contribution >= 4 is 0 Å². The van der Waals surface area contributed by atoms with E-state index in [0.29, 0.717) is 13.0 Å². The van der Waals surface area contributed by atoms with Crippen LogP contribution in [0.1, 0.15) is 30.5 Å². The van der Waals surface area contributed by atoms with Gasteiger partial charge in [0, 0.05) is 24.8 Å². The van der Waals surface area contributed by atoms with E-state index < -0.39 is 11.6 Å². The minimum absolute atomic E-state index is 0.123. The van der Waals surface area contributed by atoms with Crippen molar-refractivity contribution < 1.29 is 8.78 Å². The number of nitrogens with zero attached hydrogens (tertiary/aromatic N) is 2. The molecule has 1 atom stereocenters. The third-order valence-corrected chi connectivity index (χ3v) is 3.28. The minimum atomic E-state index is -0.498. The molecule has 20 heavy (non-hydrogen) atoms. The maximum absolute atomic E-state index is 13.9. The SMILES string of the molecule is CCNC(CCc1cnn(C)c1)c1c(F)cccc1F. The van der Waals surface area contributed by atoms with Crippen molar-refractivity contribution in [3.05, 3.63) is 53.4 Å². The highest BCUT2D eigenvalue weighted by Crippen LogP contribution is 2.24. The largest absolute Gasteiger partial charge is 0.310 e. The molecule has 0 saturated carbocycles. The third kappa shape index (κ3) is 3.42. The van der Waals surface area contributed by atoms with Gasteiger partial charge in [-0.05, 0) is 37.1 Å². The molecule has 3 nitrogen and oxygen atoms in total. The van der Waals surface area contributed by atoms with Gasteiger partial charge in [0.05, 0.1) is 6.20 Å². The molecule has 1 heterocycles. The topological polar surface area (TPSA) is 29.9 Å². The van der Waals surface area contributed by atoms with Gasteiger partial charge in [-0.1, -0.05) is 13.0 Å². The molecular weight excluding hydrogens is 260 g/mol. The van der Waals surface area contributed by atoms with E-state index in [1.807, 2.05) is 20.2 Å². The molecule has 0 radical (unpaired) electrons. The van der Waals surface area contributed by atoms with Crippen molar-refractivity contribution in [2.45, 2.75) is 25.8 Å².